The molecule has 0 aromatic carbocycles. The van der Waals surface area contributed by atoms with Crippen molar-refractivity contribution in [2.75, 3.05) is 5.88 Å². The van der Waals surface area contributed by atoms with Crippen LogP contribution in [0.5, 0.6) is 0 Å². The molecule has 0 radical (unpaired) electrons. The van der Waals surface area contributed by atoms with E-state index in [1.807, 2.05) is 18.2 Å². The van der Waals surface area contributed by atoms with Crippen molar-refractivity contribution in [2.45, 2.75) is 71.1 Å². The molecule has 0 saturated carbocycles. The zero-order valence-electron chi connectivity index (χ0n) is 12.5. The summed E-state index contributed by atoms with van der Waals surface area (Å²) in [5.41, 5.74) is 0. The van der Waals surface area contributed by atoms with E-state index in [-0.39, 0.29) is 0 Å². The van der Waals surface area contributed by atoms with Crippen LogP contribution in [-0.4, -0.2) is 10.9 Å². The highest BCUT2D eigenvalue weighted by Gasteiger charge is 1.91. The summed E-state index contributed by atoms with van der Waals surface area (Å²) in [6.45, 7) is 2.27. The van der Waals surface area contributed by atoms with Crippen LogP contribution in [0.3, 0.4) is 0 Å². The number of unbranched alkanes of at least 4 members (excludes halogenated alkanes) is 9. The van der Waals surface area contributed by atoms with Crippen molar-refractivity contribution in [2.24, 2.45) is 0 Å². The summed E-state index contributed by atoms with van der Waals surface area (Å²) in [4.78, 5) is 3.78. The van der Waals surface area contributed by atoms with E-state index in [1.54, 1.807) is 12.4 Å². The molecule has 1 aromatic rings. The molecule has 0 amide bonds. The van der Waals surface area contributed by atoms with Crippen molar-refractivity contribution in [3.8, 4) is 0 Å². The maximum Gasteiger partial charge on any atom is 0.0267 e. The SMILES string of the molecule is CCCCCCCCCCCCCl.c1ccncc1. The Balaban J connectivity index is 0.000000443. The third kappa shape index (κ3) is 17.4. The van der Waals surface area contributed by atoms with Crippen LogP contribution < -0.4 is 0 Å². The van der Waals surface area contributed by atoms with E-state index < -0.39 is 0 Å². The van der Waals surface area contributed by atoms with Crippen molar-refractivity contribution in [1.82, 2.24) is 4.98 Å². The topological polar surface area (TPSA) is 12.9 Å². The molecule has 0 saturated heterocycles. The molecule has 0 fully saturated rings. The second kappa shape index (κ2) is 17.4. The van der Waals surface area contributed by atoms with Gasteiger partial charge in [-0.25, -0.2) is 0 Å². The maximum absolute atomic E-state index is 5.60. The zero-order chi connectivity index (χ0) is 14.0. The van der Waals surface area contributed by atoms with Crippen LogP contribution in [0.15, 0.2) is 30.6 Å². The molecule has 1 heterocycles. The Labute approximate surface area is 124 Å². The highest BCUT2D eigenvalue weighted by atomic mass is 35.5. The lowest BCUT2D eigenvalue weighted by Gasteiger charge is -2.00. The van der Waals surface area contributed by atoms with Gasteiger partial charge in [-0.3, -0.25) is 4.98 Å². The lowest BCUT2D eigenvalue weighted by molar-refractivity contribution is 0.563. The number of nitrogens with zero attached hydrogens (tertiary/aromatic N) is 1. The fourth-order valence-electron chi connectivity index (χ4n) is 1.89. The number of aromatic nitrogens is 1. The standard InChI is InChI=1S/C12H25Cl.C5H5N/c1-2-3-4-5-6-7-8-9-10-11-12-13;1-2-4-6-5-3-1/h2-12H2,1H3;1-5H. The van der Waals surface area contributed by atoms with Gasteiger partial charge in [0, 0.05) is 18.3 Å². The average Bonchev–Trinajstić information content (AvgIpc) is 2.48. The molecule has 1 aromatic heterocycles. The van der Waals surface area contributed by atoms with E-state index in [1.165, 1.54) is 64.2 Å². The summed E-state index contributed by atoms with van der Waals surface area (Å²) in [6.07, 6.45) is 17.4. The first kappa shape index (κ1) is 18.4. The molecule has 0 spiro atoms. The van der Waals surface area contributed by atoms with Crippen molar-refractivity contribution in [3.05, 3.63) is 30.6 Å². The number of alkyl halides is 1. The molecule has 0 aliphatic heterocycles. The maximum atomic E-state index is 5.60. The smallest absolute Gasteiger partial charge is 0.0267 e. The molecule has 0 aliphatic carbocycles. The lowest BCUT2D eigenvalue weighted by atomic mass is 10.1. The average molecular weight is 284 g/mol. The van der Waals surface area contributed by atoms with E-state index in [0.717, 1.165) is 5.88 Å². The minimum atomic E-state index is 0.844. The molecular formula is C17H30ClN. The van der Waals surface area contributed by atoms with Crippen molar-refractivity contribution in [1.29, 1.82) is 0 Å². The molecule has 0 aliphatic rings. The van der Waals surface area contributed by atoms with Crippen LogP contribution >= 0.6 is 11.6 Å². The zero-order valence-corrected chi connectivity index (χ0v) is 13.2. The Hall–Kier alpha value is -0.560. The highest BCUT2D eigenvalue weighted by molar-refractivity contribution is 6.17. The van der Waals surface area contributed by atoms with Crippen molar-refractivity contribution < 1.29 is 0 Å². The summed E-state index contributed by atoms with van der Waals surface area (Å²) >= 11 is 5.60. The molecule has 1 rings (SSSR count). The third-order valence-electron chi connectivity index (χ3n) is 3.05. The van der Waals surface area contributed by atoms with Crippen LogP contribution in [0, 0.1) is 0 Å². The molecular weight excluding hydrogens is 254 g/mol. The first-order chi connectivity index (χ1) is 9.41. The van der Waals surface area contributed by atoms with Crippen molar-refractivity contribution in [3.63, 3.8) is 0 Å². The van der Waals surface area contributed by atoms with Crippen LogP contribution in [0.4, 0.5) is 0 Å². The first-order valence-corrected chi connectivity index (χ1v) is 8.36. The van der Waals surface area contributed by atoms with Crippen LogP contribution in [0.25, 0.3) is 0 Å². The van der Waals surface area contributed by atoms with Gasteiger partial charge >= 0.3 is 0 Å². The van der Waals surface area contributed by atoms with Gasteiger partial charge in [0.25, 0.3) is 0 Å². The molecule has 0 unspecified atom stereocenters. The molecule has 1 nitrogen and oxygen atoms in total. The predicted octanol–water partition coefficient (Wildman–Crippen LogP) is 6.23. The predicted molar refractivity (Wildman–Crippen MR) is 86.8 cm³/mol. The Kier molecular flexibility index (Phi) is 16.9. The minimum absolute atomic E-state index is 0.844. The molecule has 0 atom stereocenters. The van der Waals surface area contributed by atoms with E-state index in [4.69, 9.17) is 11.6 Å². The van der Waals surface area contributed by atoms with Gasteiger partial charge < -0.3 is 0 Å². The Morgan fingerprint density at radius 2 is 1.16 bits per heavy atom. The van der Waals surface area contributed by atoms with E-state index >= 15 is 0 Å². The minimum Gasteiger partial charge on any atom is -0.265 e. The largest absolute Gasteiger partial charge is 0.265 e. The summed E-state index contributed by atoms with van der Waals surface area (Å²) < 4.78 is 0. The first-order valence-electron chi connectivity index (χ1n) is 7.82. The van der Waals surface area contributed by atoms with Crippen LogP contribution in [0.1, 0.15) is 71.1 Å². The Morgan fingerprint density at radius 3 is 1.47 bits per heavy atom. The number of halogens is 1. The summed E-state index contributed by atoms with van der Waals surface area (Å²) in [7, 11) is 0. The van der Waals surface area contributed by atoms with Gasteiger partial charge in [0.1, 0.15) is 0 Å². The van der Waals surface area contributed by atoms with E-state index in [9.17, 15) is 0 Å². The second-order valence-electron chi connectivity index (χ2n) is 4.90. The fraction of sp³-hybridized carbons (Fsp3) is 0.706. The van der Waals surface area contributed by atoms with Gasteiger partial charge in [-0.2, -0.15) is 0 Å². The van der Waals surface area contributed by atoms with Crippen LogP contribution in [-0.2, 0) is 0 Å². The molecule has 0 N–H and O–H groups in total. The molecule has 19 heavy (non-hydrogen) atoms. The van der Waals surface area contributed by atoms with Crippen molar-refractivity contribution >= 4 is 11.6 Å². The normalized spacial score (nSPS) is 9.79. The molecule has 0 bridgehead atoms. The quantitative estimate of drug-likeness (QED) is 0.366. The van der Waals surface area contributed by atoms with Crippen LogP contribution in [0.2, 0.25) is 0 Å². The molecule has 2 heteroatoms. The number of rotatable bonds is 10. The van der Waals surface area contributed by atoms with Gasteiger partial charge in [-0.1, -0.05) is 70.8 Å². The number of pyridine rings is 1. The number of hydrogen-bond donors (Lipinski definition) is 0. The van der Waals surface area contributed by atoms with Gasteiger partial charge in [0.05, 0.1) is 0 Å². The fourth-order valence-corrected chi connectivity index (χ4v) is 2.08. The summed E-state index contributed by atoms with van der Waals surface area (Å²) in [5, 5.41) is 0. The van der Waals surface area contributed by atoms with Gasteiger partial charge in [-0.05, 0) is 18.6 Å². The van der Waals surface area contributed by atoms with E-state index in [0.29, 0.717) is 0 Å². The highest BCUT2D eigenvalue weighted by Crippen LogP contribution is 2.10. The lowest BCUT2D eigenvalue weighted by Crippen LogP contribution is -1.81. The van der Waals surface area contributed by atoms with E-state index in [2.05, 4.69) is 11.9 Å². The summed E-state index contributed by atoms with van der Waals surface area (Å²) in [6, 6.07) is 5.72. The molecule has 110 valence electrons. The monoisotopic (exact) mass is 283 g/mol. The van der Waals surface area contributed by atoms with Gasteiger partial charge in [-0.15, -0.1) is 11.6 Å². The third-order valence-corrected chi connectivity index (χ3v) is 3.32. The number of hydrogen-bond acceptors (Lipinski definition) is 1. The Morgan fingerprint density at radius 1 is 0.684 bits per heavy atom. The Bertz CT molecular complexity index is 202. The second-order valence-corrected chi connectivity index (χ2v) is 5.27. The van der Waals surface area contributed by atoms with Gasteiger partial charge in [0.15, 0.2) is 0 Å². The summed E-state index contributed by atoms with van der Waals surface area (Å²) in [5.74, 6) is 0.844. The van der Waals surface area contributed by atoms with Gasteiger partial charge in [0.2, 0.25) is 0 Å².